The number of hydrogen-bond acceptors (Lipinski definition) is 1. The van der Waals surface area contributed by atoms with Crippen molar-refractivity contribution in [2.45, 2.75) is 18.2 Å². The van der Waals surface area contributed by atoms with Crippen LogP contribution >= 0.6 is 0 Å². The molecule has 0 aromatic carbocycles. The van der Waals surface area contributed by atoms with Gasteiger partial charge < -0.3 is 0 Å². The summed E-state index contributed by atoms with van der Waals surface area (Å²) in [6.07, 6.45) is 8.29. The molecule has 0 atom stereocenters. The molecule has 1 nitrogen and oxygen atoms in total. The van der Waals surface area contributed by atoms with E-state index >= 15 is 0 Å². The molecule has 0 aliphatic heterocycles. The molecule has 0 N–H and O–H groups in total. The van der Waals surface area contributed by atoms with Gasteiger partial charge in [-0.2, -0.15) is 0 Å². The monoisotopic (exact) mass is 331 g/mol. The molecule has 0 fully saturated rings. The predicted molar refractivity (Wildman–Crippen MR) is 41.9 cm³/mol. The van der Waals surface area contributed by atoms with Crippen LogP contribution in [0.25, 0.3) is 0 Å². The van der Waals surface area contributed by atoms with Crippen LogP contribution in [0.15, 0.2) is 24.3 Å². The molecule has 0 radical (unpaired) electrons. The summed E-state index contributed by atoms with van der Waals surface area (Å²) in [6, 6.07) is 0. The van der Waals surface area contributed by atoms with Gasteiger partial charge in [0.1, 0.15) is 0 Å². The molecule has 11 heavy (non-hydrogen) atoms. The molecule has 0 bridgehead atoms. The van der Waals surface area contributed by atoms with E-state index < -0.39 is 0 Å². The average Bonchev–Trinajstić information content (AvgIpc) is 2.39. The molecule has 0 spiro atoms. The standard InChI is InChI=1S/C5H5.C4H7O.Pt/c1-2-4-5-3-1;1-4(2)3-5;/h1-5H;4H,1-2H3;. The van der Waals surface area contributed by atoms with Crippen molar-refractivity contribution in [1.82, 2.24) is 0 Å². The summed E-state index contributed by atoms with van der Waals surface area (Å²) >= 11 is -0.304. The van der Waals surface area contributed by atoms with Gasteiger partial charge in [-0.25, -0.2) is 0 Å². The van der Waals surface area contributed by atoms with Crippen LogP contribution in [-0.2, 0) is 23.4 Å². The Kier molecular flexibility index (Phi) is 3.26. The van der Waals surface area contributed by atoms with E-state index in [1.54, 1.807) is 0 Å². The summed E-state index contributed by atoms with van der Waals surface area (Å²) in [5, 5.41) is 0. The third-order valence-electron chi connectivity index (χ3n) is 1.29. The normalized spacial score (nSPS) is 17.0. The van der Waals surface area contributed by atoms with Crippen LogP contribution < -0.4 is 0 Å². The SMILES string of the molecule is CC(C)[C](=O)[Pt][CH]1C=CC=C1. The molecule has 0 saturated heterocycles. The first kappa shape index (κ1) is 8.93. The second-order valence-corrected chi connectivity index (χ2v) is 5.98. The van der Waals surface area contributed by atoms with Crippen molar-refractivity contribution in [2.24, 2.45) is 5.92 Å². The van der Waals surface area contributed by atoms with E-state index in [1.807, 2.05) is 26.0 Å². The van der Waals surface area contributed by atoms with E-state index in [0.29, 0.717) is 8.48 Å². The molecular weight excluding hydrogens is 319 g/mol. The Hall–Kier alpha value is -0.162. The van der Waals surface area contributed by atoms with Gasteiger partial charge in [0.15, 0.2) is 0 Å². The van der Waals surface area contributed by atoms with E-state index in [2.05, 4.69) is 12.2 Å². The third-order valence-corrected chi connectivity index (χ3v) is 4.88. The minimum atomic E-state index is -0.304. The van der Waals surface area contributed by atoms with Crippen molar-refractivity contribution >= 4 is 4.17 Å². The molecule has 0 heterocycles. The summed E-state index contributed by atoms with van der Waals surface area (Å²) in [4.78, 5) is 11.3. The van der Waals surface area contributed by atoms with Crippen LogP contribution in [0.5, 0.6) is 0 Å². The van der Waals surface area contributed by atoms with Gasteiger partial charge in [-0.15, -0.1) is 0 Å². The fourth-order valence-electron chi connectivity index (χ4n) is 0.661. The number of rotatable bonds is 3. The Morgan fingerprint density at radius 1 is 1.36 bits per heavy atom. The number of hydrogen-bond donors (Lipinski definition) is 0. The molecule has 1 aliphatic rings. The Morgan fingerprint density at radius 3 is 2.36 bits per heavy atom. The first-order valence-electron chi connectivity index (χ1n) is 3.65. The van der Waals surface area contributed by atoms with Crippen LogP contribution in [0.4, 0.5) is 0 Å². The maximum absolute atomic E-state index is 11.3. The second-order valence-electron chi connectivity index (χ2n) is 2.69. The summed E-state index contributed by atoms with van der Waals surface area (Å²) in [5.41, 5.74) is 0. The Balaban J connectivity index is 2.36. The number of carbonyl (C=O) groups is 1. The van der Waals surface area contributed by atoms with Crippen molar-refractivity contribution in [3.63, 3.8) is 0 Å². The predicted octanol–water partition coefficient (Wildman–Crippen LogP) is 2.17. The molecule has 0 amide bonds. The van der Waals surface area contributed by atoms with Gasteiger partial charge in [-0.3, -0.25) is 0 Å². The van der Waals surface area contributed by atoms with Crippen molar-refractivity contribution in [2.75, 3.05) is 0 Å². The van der Waals surface area contributed by atoms with E-state index in [4.69, 9.17) is 0 Å². The molecular formula is C9H12OPt. The van der Waals surface area contributed by atoms with Gasteiger partial charge in [-0.1, -0.05) is 0 Å². The summed E-state index contributed by atoms with van der Waals surface area (Å²) in [7, 11) is 0. The van der Waals surface area contributed by atoms with Crippen molar-refractivity contribution in [1.29, 1.82) is 0 Å². The van der Waals surface area contributed by atoms with Crippen LogP contribution in [0.1, 0.15) is 13.8 Å². The van der Waals surface area contributed by atoms with Gasteiger partial charge in [0.25, 0.3) is 0 Å². The van der Waals surface area contributed by atoms with Crippen LogP contribution in [0.3, 0.4) is 0 Å². The Morgan fingerprint density at radius 2 is 1.91 bits per heavy atom. The van der Waals surface area contributed by atoms with Gasteiger partial charge >= 0.3 is 75.9 Å². The zero-order valence-electron chi connectivity index (χ0n) is 6.69. The first-order chi connectivity index (χ1) is 5.20. The molecule has 1 rings (SSSR count). The third kappa shape index (κ3) is 2.75. The molecule has 1 aliphatic carbocycles. The van der Waals surface area contributed by atoms with E-state index in [1.165, 1.54) is 0 Å². The quantitative estimate of drug-likeness (QED) is 0.775. The fraction of sp³-hybridized carbons (Fsp3) is 0.444. The van der Waals surface area contributed by atoms with Gasteiger partial charge in [-0.05, 0) is 0 Å². The zero-order valence-corrected chi connectivity index (χ0v) is 8.96. The molecule has 64 valence electrons. The average molecular weight is 331 g/mol. The van der Waals surface area contributed by atoms with Gasteiger partial charge in [0, 0.05) is 0 Å². The number of allylic oxidation sites excluding steroid dienone is 4. The minimum absolute atomic E-state index is 0.228. The van der Waals surface area contributed by atoms with E-state index in [0.717, 1.165) is 0 Å². The maximum atomic E-state index is 11.3. The van der Waals surface area contributed by atoms with Gasteiger partial charge in [0.05, 0.1) is 0 Å². The topological polar surface area (TPSA) is 17.1 Å². The zero-order chi connectivity index (χ0) is 8.27. The first-order valence-corrected chi connectivity index (χ1v) is 6.10. The van der Waals surface area contributed by atoms with Crippen LogP contribution in [0.2, 0.25) is 4.31 Å². The molecule has 0 saturated carbocycles. The Bertz CT molecular complexity index is 192. The summed E-state index contributed by atoms with van der Waals surface area (Å²) < 4.78 is 0.941. The van der Waals surface area contributed by atoms with E-state index in [9.17, 15) is 4.79 Å². The van der Waals surface area contributed by atoms with Crippen LogP contribution in [0, 0.1) is 5.92 Å². The molecule has 0 unspecified atom stereocenters. The fourth-order valence-corrected chi connectivity index (χ4v) is 3.11. The Labute approximate surface area is 76.1 Å². The summed E-state index contributed by atoms with van der Waals surface area (Å²) in [6.45, 7) is 3.95. The van der Waals surface area contributed by atoms with Crippen molar-refractivity contribution < 1.29 is 23.4 Å². The van der Waals surface area contributed by atoms with Crippen LogP contribution in [-0.4, -0.2) is 4.17 Å². The van der Waals surface area contributed by atoms with Gasteiger partial charge in [0.2, 0.25) is 0 Å². The molecule has 2 heteroatoms. The molecule has 0 aromatic rings. The van der Waals surface area contributed by atoms with E-state index in [-0.39, 0.29) is 24.5 Å². The summed E-state index contributed by atoms with van der Waals surface area (Å²) in [5.74, 6) is 0.228. The second kappa shape index (κ2) is 4.01. The molecule has 0 aromatic heterocycles. The van der Waals surface area contributed by atoms with Crippen molar-refractivity contribution in [3.05, 3.63) is 24.3 Å². The number of carbonyl (C=O) groups excluding carboxylic acids is 1. The van der Waals surface area contributed by atoms with Crippen molar-refractivity contribution in [3.8, 4) is 0 Å².